The molecular weight excluding hydrogens is 237 g/mol. The third kappa shape index (κ3) is 3.19. The van der Waals surface area contributed by atoms with Gasteiger partial charge < -0.3 is 5.32 Å². The molecule has 1 fully saturated rings. The Kier molecular flexibility index (Phi) is 3.99. The van der Waals surface area contributed by atoms with Crippen molar-refractivity contribution in [2.75, 3.05) is 13.1 Å². The Hall–Kier alpha value is 0.690. The first-order valence-corrected chi connectivity index (χ1v) is 5.38. The summed E-state index contributed by atoms with van der Waals surface area (Å²) in [5.74, 6) is 1.01. The van der Waals surface area contributed by atoms with Crippen molar-refractivity contribution in [3.05, 3.63) is 0 Å². The highest BCUT2D eigenvalue weighted by Crippen LogP contribution is 2.20. The molecule has 0 aromatic carbocycles. The molecule has 0 aliphatic carbocycles. The summed E-state index contributed by atoms with van der Waals surface area (Å²) in [6.45, 7) is 4.80. The highest BCUT2D eigenvalue weighted by Gasteiger charge is 2.13. The summed E-state index contributed by atoms with van der Waals surface area (Å²) in [4.78, 5) is 0. The van der Waals surface area contributed by atoms with Gasteiger partial charge in [0.2, 0.25) is 0 Å². The van der Waals surface area contributed by atoms with Crippen molar-refractivity contribution in [2.24, 2.45) is 5.92 Å². The second-order valence-corrected chi connectivity index (χ2v) is 5.34. The molecule has 0 saturated carbocycles. The molecule has 0 spiro atoms. The molecule has 0 amide bonds. The Morgan fingerprint density at radius 2 is 2.10 bits per heavy atom. The Morgan fingerprint density at radius 3 is 2.60 bits per heavy atom. The van der Waals surface area contributed by atoms with Crippen LogP contribution in [0.4, 0.5) is 0 Å². The molecular formula is C8H16IN. The van der Waals surface area contributed by atoms with E-state index in [1.54, 1.807) is 0 Å². The second kappa shape index (κ2) is 4.54. The minimum atomic E-state index is 0.862. The van der Waals surface area contributed by atoms with Crippen LogP contribution >= 0.6 is 22.6 Å². The number of alkyl halides is 1. The predicted octanol–water partition coefficient (Wildman–Crippen LogP) is 2.20. The van der Waals surface area contributed by atoms with Crippen LogP contribution in [0, 0.1) is 5.92 Å². The zero-order chi connectivity index (χ0) is 7.40. The van der Waals surface area contributed by atoms with E-state index < -0.39 is 0 Å². The van der Waals surface area contributed by atoms with Crippen molar-refractivity contribution in [2.45, 2.75) is 30.1 Å². The summed E-state index contributed by atoms with van der Waals surface area (Å²) in [7, 11) is 0. The van der Waals surface area contributed by atoms with E-state index in [4.69, 9.17) is 0 Å². The van der Waals surface area contributed by atoms with Crippen molar-refractivity contribution >= 4 is 22.6 Å². The summed E-state index contributed by atoms with van der Waals surface area (Å²) in [5.41, 5.74) is 0. The molecule has 2 heteroatoms. The number of piperidine rings is 1. The summed E-state index contributed by atoms with van der Waals surface area (Å²) in [6, 6.07) is 0. The van der Waals surface area contributed by atoms with Crippen molar-refractivity contribution in [1.29, 1.82) is 0 Å². The van der Waals surface area contributed by atoms with Gasteiger partial charge in [-0.1, -0.05) is 29.5 Å². The first-order chi connectivity index (χ1) is 4.79. The first kappa shape index (κ1) is 8.78. The quantitative estimate of drug-likeness (QED) is 0.587. The van der Waals surface area contributed by atoms with Gasteiger partial charge in [-0.25, -0.2) is 0 Å². The largest absolute Gasteiger partial charge is 0.317 e. The van der Waals surface area contributed by atoms with E-state index in [0.29, 0.717) is 0 Å². The highest BCUT2D eigenvalue weighted by atomic mass is 127. The van der Waals surface area contributed by atoms with Crippen molar-refractivity contribution in [1.82, 2.24) is 5.32 Å². The smallest absolute Gasteiger partial charge is 0.00839 e. The van der Waals surface area contributed by atoms with E-state index in [-0.39, 0.29) is 0 Å². The van der Waals surface area contributed by atoms with Gasteiger partial charge in [-0.05, 0) is 38.3 Å². The third-order valence-electron chi connectivity index (χ3n) is 2.12. The minimum Gasteiger partial charge on any atom is -0.317 e. The Balaban J connectivity index is 2.13. The Labute approximate surface area is 77.1 Å². The molecule has 10 heavy (non-hydrogen) atoms. The fraction of sp³-hybridized carbons (Fsp3) is 1.00. The monoisotopic (exact) mass is 253 g/mol. The third-order valence-corrected chi connectivity index (χ3v) is 2.63. The van der Waals surface area contributed by atoms with Crippen LogP contribution < -0.4 is 5.32 Å². The predicted molar refractivity (Wildman–Crippen MR) is 53.7 cm³/mol. The van der Waals surface area contributed by atoms with Gasteiger partial charge in [0.1, 0.15) is 0 Å². The van der Waals surface area contributed by atoms with Gasteiger partial charge >= 0.3 is 0 Å². The van der Waals surface area contributed by atoms with Gasteiger partial charge in [-0.3, -0.25) is 0 Å². The van der Waals surface area contributed by atoms with Crippen LogP contribution in [0.25, 0.3) is 0 Å². The normalized spacial score (nSPS) is 24.6. The summed E-state index contributed by atoms with van der Waals surface area (Å²) in [6.07, 6.45) is 4.21. The molecule has 1 unspecified atom stereocenters. The second-order valence-electron chi connectivity index (χ2n) is 3.21. The molecule has 0 bridgehead atoms. The lowest BCUT2D eigenvalue weighted by atomic mass is 9.94. The first-order valence-electron chi connectivity index (χ1n) is 4.14. The van der Waals surface area contributed by atoms with Gasteiger partial charge in [0.15, 0.2) is 0 Å². The summed E-state index contributed by atoms with van der Waals surface area (Å²) >= 11 is 2.52. The molecule has 1 N–H and O–H groups in total. The number of hydrogen-bond donors (Lipinski definition) is 1. The molecule has 0 radical (unpaired) electrons. The molecule has 1 nitrogen and oxygen atoms in total. The van der Waals surface area contributed by atoms with E-state index in [9.17, 15) is 0 Å². The molecule has 1 saturated heterocycles. The molecule has 0 aromatic rings. The number of rotatable bonds is 2. The van der Waals surface area contributed by atoms with E-state index in [1.807, 2.05) is 0 Å². The van der Waals surface area contributed by atoms with Crippen LogP contribution in [-0.4, -0.2) is 17.0 Å². The van der Waals surface area contributed by atoms with Gasteiger partial charge in [0.25, 0.3) is 0 Å². The molecule has 60 valence electrons. The molecule has 1 atom stereocenters. The average Bonchev–Trinajstić information content (AvgIpc) is 1.88. The summed E-state index contributed by atoms with van der Waals surface area (Å²) in [5, 5.41) is 3.39. The molecule has 1 heterocycles. The van der Waals surface area contributed by atoms with Crippen LogP contribution in [0.2, 0.25) is 0 Å². The van der Waals surface area contributed by atoms with Crippen LogP contribution in [-0.2, 0) is 0 Å². The standard InChI is InChI=1S/C8H16IN/c1-7(9)6-8-2-4-10-5-3-8/h7-8,10H,2-6H2,1H3. The highest BCUT2D eigenvalue weighted by molar-refractivity contribution is 14.1. The number of hydrogen-bond acceptors (Lipinski definition) is 1. The van der Waals surface area contributed by atoms with Crippen molar-refractivity contribution in [3.8, 4) is 0 Å². The van der Waals surface area contributed by atoms with Gasteiger partial charge in [0.05, 0.1) is 0 Å². The lowest BCUT2D eigenvalue weighted by Crippen LogP contribution is -2.28. The number of nitrogens with one attached hydrogen (secondary N) is 1. The Bertz CT molecular complexity index is 87.3. The van der Waals surface area contributed by atoms with Crippen LogP contribution in [0.1, 0.15) is 26.2 Å². The maximum Gasteiger partial charge on any atom is 0.00839 e. The van der Waals surface area contributed by atoms with E-state index in [1.165, 1.54) is 32.4 Å². The minimum absolute atomic E-state index is 0.862. The zero-order valence-corrected chi connectivity index (χ0v) is 8.73. The molecule has 1 aliphatic heterocycles. The van der Waals surface area contributed by atoms with Crippen LogP contribution in [0.3, 0.4) is 0 Å². The van der Waals surface area contributed by atoms with Gasteiger partial charge in [-0.15, -0.1) is 0 Å². The van der Waals surface area contributed by atoms with Crippen LogP contribution in [0.15, 0.2) is 0 Å². The van der Waals surface area contributed by atoms with Gasteiger partial charge in [-0.2, -0.15) is 0 Å². The maximum atomic E-state index is 3.39. The Morgan fingerprint density at radius 1 is 1.50 bits per heavy atom. The fourth-order valence-corrected chi connectivity index (χ4v) is 2.30. The molecule has 1 rings (SSSR count). The lowest BCUT2D eigenvalue weighted by molar-refractivity contribution is 0.357. The van der Waals surface area contributed by atoms with Crippen molar-refractivity contribution < 1.29 is 0 Å². The van der Waals surface area contributed by atoms with Crippen molar-refractivity contribution in [3.63, 3.8) is 0 Å². The topological polar surface area (TPSA) is 12.0 Å². The molecule has 0 aromatic heterocycles. The van der Waals surface area contributed by atoms with E-state index >= 15 is 0 Å². The fourth-order valence-electron chi connectivity index (χ4n) is 1.58. The summed E-state index contributed by atoms with van der Waals surface area (Å²) < 4.78 is 0.862. The van der Waals surface area contributed by atoms with E-state index in [2.05, 4.69) is 34.8 Å². The maximum absolute atomic E-state index is 3.39. The van der Waals surface area contributed by atoms with Gasteiger partial charge in [0, 0.05) is 3.92 Å². The SMILES string of the molecule is CC(I)CC1CCNCC1. The average molecular weight is 253 g/mol. The lowest BCUT2D eigenvalue weighted by Gasteiger charge is -2.23. The number of halogens is 1. The van der Waals surface area contributed by atoms with Crippen LogP contribution in [0.5, 0.6) is 0 Å². The molecule has 1 aliphatic rings. The van der Waals surface area contributed by atoms with E-state index in [0.717, 1.165) is 9.84 Å². The zero-order valence-electron chi connectivity index (χ0n) is 6.57.